The number of carbonyl (C=O) groups is 3. The van der Waals surface area contributed by atoms with Crippen LogP contribution in [0.4, 0.5) is 0 Å². The van der Waals surface area contributed by atoms with Gasteiger partial charge in [0.1, 0.15) is 0 Å². The Balaban J connectivity index is 0.000000115. The molecule has 2 heterocycles. The van der Waals surface area contributed by atoms with E-state index in [1.54, 1.807) is 5.56 Å². The number of pyridine rings is 2. The van der Waals surface area contributed by atoms with Crippen molar-refractivity contribution in [3.8, 4) is 11.1 Å². The van der Waals surface area contributed by atoms with Crippen molar-refractivity contribution < 1.29 is 14.4 Å². The highest BCUT2D eigenvalue weighted by molar-refractivity contribution is 6.21. The van der Waals surface area contributed by atoms with Crippen LogP contribution in [0.3, 0.4) is 0 Å². The number of para-hydroxylation sites is 2. The molecule has 71 heavy (non-hydrogen) atoms. The minimum Gasteiger partial charge on any atom is -0.294 e. The lowest BCUT2D eigenvalue weighted by atomic mass is 9.84. The predicted octanol–water partition coefficient (Wildman–Crippen LogP) is 16.2. The van der Waals surface area contributed by atoms with Gasteiger partial charge in [-0.25, -0.2) is 0 Å². The lowest BCUT2D eigenvalue weighted by Gasteiger charge is -2.21. The zero-order chi connectivity index (χ0) is 48.9. The van der Waals surface area contributed by atoms with Crippen molar-refractivity contribution in [2.75, 3.05) is 0 Å². The van der Waals surface area contributed by atoms with Crippen molar-refractivity contribution in [2.24, 2.45) is 0 Å². The Kier molecular flexibility index (Phi) is 17.8. The Bertz CT molecular complexity index is 2980. The van der Waals surface area contributed by atoms with E-state index in [1.807, 2.05) is 194 Å². The Morgan fingerprint density at radius 2 is 0.775 bits per heavy atom. The highest BCUT2D eigenvalue weighted by Crippen LogP contribution is 2.36. The highest BCUT2D eigenvalue weighted by atomic mass is 16.1. The topological polar surface area (TPSA) is 77.0 Å². The number of aromatic nitrogens is 2. The summed E-state index contributed by atoms with van der Waals surface area (Å²) in [7, 11) is 0. The zero-order valence-electron chi connectivity index (χ0n) is 40.0. The predicted molar refractivity (Wildman–Crippen MR) is 291 cm³/mol. The summed E-state index contributed by atoms with van der Waals surface area (Å²) in [5.41, 5.74) is 11.1. The number of hydrogen-bond acceptors (Lipinski definition) is 5. The molecule has 0 bridgehead atoms. The zero-order valence-corrected chi connectivity index (χ0v) is 40.0. The fourth-order valence-corrected chi connectivity index (χ4v) is 9.10. The normalized spacial score (nSPS) is 13.0. The van der Waals surface area contributed by atoms with Crippen LogP contribution in [0.1, 0.15) is 104 Å². The lowest BCUT2D eigenvalue weighted by Crippen LogP contribution is -2.09. The summed E-state index contributed by atoms with van der Waals surface area (Å²) < 4.78 is 0. The van der Waals surface area contributed by atoms with Gasteiger partial charge in [-0.05, 0) is 78.1 Å². The van der Waals surface area contributed by atoms with Crippen molar-refractivity contribution in [3.05, 3.63) is 288 Å². The van der Waals surface area contributed by atoms with Crippen LogP contribution < -0.4 is 0 Å². The van der Waals surface area contributed by atoms with E-state index in [0.717, 1.165) is 75.2 Å². The molecule has 8 aromatic carbocycles. The van der Waals surface area contributed by atoms with Crippen molar-refractivity contribution >= 4 is 39.2 Å². The SMILES string of the molecule is O=C(c1ccccc1)c1ccccc1.O=C1CCCc2ccccc21.O=C1c2ccccc2-c2ccccc21.c1ccc(C2CCCCC2)cc1.c1ccc2ncccc2c1.c1ccc2ncccc2c1. The van der Waals surface area contributed by atoms with Gasteiger partial charge in [-0.15, -0.1) is 0 Å². The molecule has 0 saturated heterocycles. The molecule has 2 aromatic heterocycles. The first-order valence-corrected chi connectivity index (χ1v) is 24.7. The molecule has 0 aliphatic heterocycles. The molecule has 0 unspecified atom stereocenters. The van der Waals surface area contributed by atoms with Crippen molar-refractivity contribution in [1.82, 2.24) is 9.97 Å². The van der Waals surface area contributed by atoms with E-state index in [2.05, 4.69) is 64.6 Å². The second-order valence-electron chi connectivity index (χ2n) is 17.6. The molecular formula is C66H58N2O3. The third-order valence-electron chi connectivity index (χ3n) is 12.8. The first-order chi connectivity index (χ1) is 35.0. The fraction of sp³-hybridized carbons (Fsp3) is 0.136. The van der Waals surface area contributed by atoms with E-state index in [0.29, 0.717) is 5.78 Å². The molecule has 3 aliphatic carbocycles. The maximum Gasteiger partial charge on any atom is 0.194 e. The molecule has 0 spiro atoms. The Hall–Kier alpha value is -8.41. The Labute approximate surface area is 418 Å². The van der Waals surface area contributed by atoms with Gasteiger partial charge in [0.05, 0.1) is 11.0 Å². The van der Waals surface area contributed by atoms with Gasteiger partial charge < -0.3 is 0 Å². The van der Waals surface area contributed by atoms with Crippen LogP contribution in [0.15, 0.2) is 249 Å². The van der Waals surface area contributed by atoms with Gasteiger partial charge in [-0.3, -0.25) is 24.4 Å². The Morgan fingerprint density at radius 3 is 1.27 bits per heavy atom. The van der Waals surface area contributed by atoms with E-state index in [4.69, 9.17) is 0 Å². The van der Waals surface area contributed by atoms with Crippen molar-refractivity contribution in [1.29, 1.82) is 0 Å². The second kappa shape index (κ2) is 25.8. The van der Waals surface area contributed by atoms with Crippen molar-refractivity contribution in [2.45, 2.75) is 57.3 Å². The Morgan fingerprint density at radius 1 is 0.366 bits per heavy atom. The minimum absolute atomic E-state index is 0.0752. The summed E-state index contributed by atoms with van der Waals surface area (Å²) in [6, 6.07) is 77.2. The molecule has 0 atom stereocenters. The minimum atomic E-state index is 0.0752. The van der Waals surface area contributed by atoms with E-state index in [1.165, 1.54) is 48.4 Å². The largest absolute Gasteiger partial charge is 0.294 e. The summed E-state index contributed by atoms with van der Waals surface area (Å²) in [6.07, 6.45) is 13.6. The van der Waals surface area contributed by atoms with Crippen LogP contribution in [-0.2, 0) is 6.42 Å². The van der Waals surface area contributed by atoms with Crippen LogP contribution in [0.5, 0.6) is 0 Å². The first kappa shape index (κ1) is 49.0. The van der Waals surface area contributed by atoms with E-state index in [-0.39, 0.29) is 11.6 Å². The number of nitrogens with zero attached hydrogens (tertiary/aromatic N) is 2. The highest BCUT2D eigenvalue weighted by Gasteiger charge is 2.25. The number of hydrogen-bond donors (Lipinski definition) is 0. The summed E-state index contributed by atoms with van der Waals surface area (Å²) in [5, 5.41) is 2.40. The fourth-order valence-electron chi connectivity index (χ4n) is 9.10. The molecule has 0 amide bonds. The molecule has 1 fully saturated rings. The third kappa shape index (κ3) is 13.6. The molecule has 13 rings (SSSR count). The quantitative estimate of drug-likeness (QED) is 0.165. The van der Waals surface area contributed by atoms with Crippen LogP contribution in [0.2, 0.25) is 0 Å². The van der Waals surface area contributed by atoms with Crippen LogP contribution in [-0.4, -0.2) is 27.3 Å². The van der Waals surface area contributed by atoms with Gasteiger partial charge in [0.25, 0.3) is 0 Å². The van der Waals surface area contributed by atoms with Crippen molar-refractivity contribution in [3.63, 3.8) is 0 Å². The maximum atomic E-state index is 11.9. The first-order valence-electron chi connectivity index (χ1n) is 24.7. The molecule has 5 nitrogen and oxygen atoms in total. The molecule has 10 aromatic rings. The number of fused-ring (bicyclic) bond motifs is 6. The maximum absolute atomic E-state index is 11.9. The van der Waals surface area contributed by atoms with Gasteiger partial charge in [-0.2, -0.15) is 0 Å². The molecule has 3 aliphatic rings. The summed E-state index contributed by atoms with van der Waals surface area (Å²) in [4.78, 5) is 43.4. The van der Waals surface area contributed by atoms with E-state index < -0.39 is 0 Å². The average molecular weight is 927 g/mol. The smallest absolute Gasteiger partial charge is 0.194 e. The van der Waals surface area contributed by atoms with Gasteiger partial charge >= 0.3 is 0 Å². The number of carbonyl (C=O) groups excluding carboxylic acids is 3. The number of Topliss-reactive ketones (excluding diaryl/α,β-unsaturated/α-hetero) is 1. The molecule has 0 radical (unpaired) electrons. The molecular weight excluding hydrogens is 869 g/mol. The van der Waals surface area contributed by atoms with Gasteiger partial charge in [-0.1, -0.05) is 232 Å². The number of rotatable bonds is 3. The summed E-state index contributed by atoms with van der Waals surface area (Å²) in [5.74, 6) is 1.40. The standard InChI is InChI=1S/C13H8O.C13H10O.C12H16.C10H10O.2C9H7N/c14-13-11-7-3-1-5-9(11)10-6-2-4-8-12(10)13;14-13(11-7-3-1-4-8-11)12-9-5-2-6-10-12;1-3-7-11(8-4-1)12-9-5-2-6-10-12;11-10-7-3-5-8-4-1-2-6-9(8)10;2*1-2-6-9-8(4-1)5-3-7-10-9/h1-8H;1-10H;1,3-4,7-8,12H,2,5-6,9-10H2;1-2,4,6H,3,5,7H2;2*1-7H. The molecule has 5 heteroatoms. The van der Waals surface area contributed by atoms with E-state index in [9.17, 15) is 14.4 Å². The van der Waals surface area contributed by atoms with Gasteiger partial charge in [0.15, 0.2) is 17.3 Å². The molecule has 1 saturated carbocycles. The number of ketones is 3. The lowest BCUT2D eigenvalue weighted by molar-refractivity contribution is 0.0970. The molecule has 350 valence electrons. The van der Waals surface area contributed by atoms with Crippen LogP contribution in [0, 0.1) is 0 Å². The third-order valence-corrected chi connectivity index (χ3v) is 12.8. The summed E-state index contributed by atoms with van der Waals surface area (Å²) >= 11 is 0. The second-order valence-corrected chi connectivity index (χ2v) is 17.6. The summed E-state index contributed by atoms with van der Waals surface area (Å²) in [6.45, 7) is 0. The number of aryl methyl sites for hydroxylation is 1. The average Bonchev–Trinajstić information content (AvgIpc) is 3.75. The molecule has 0 N–H and O–H groups in total. The van der Waals surface area contributed by atoms with Crippen LogP contribution in [0.25, 0.3) is 32.9 Å². The van der Waals surface area contributed by atoms with E-state index >= 15 is 0 Å². The number of benzene rings is 8. The van der Waals surface area contributed by atoms with Crippen LogP contribution >= 0.6 is 0 Å². The monoisotopic (exact) mass is 926 g/mol. The van der Waals surface area contributed by atoms with Gasteiger partial charge in [0.2, 0.25) is 0 Å². The van der Waals surface area contributed by atoms with Gasteiger partial charge in [0, 0.05) is 57.4 Å².